The number of allylic oxidation sites excluding steroid dienone is 1. The van der Waals surface area contributed by atoms with Crippen LogP contribution in [0.4, 0.5) is 0 Å². The molecule has 0 aliphatic carbocycles. The minimum absolute atomic E-state index is 0.125. The van der Waals surface area contributed by atoms with Gasteiger partial charge < -0.3 is 5.32 Å². The molecule has 0 fully saturated rings. The largest absolute Gasteiger partial charge is 0.382 e. The summed E-state index contributed by atoms with van der Waals surface area (Å²) in [4.78, 5) is 0. The van der Waals surface area contributed by atoms with Crippen molar-refractivity contribution in [3.05, 3.63) is 24.4 Å². The van der Waals surface area contributed by atoms with Gasteiger partial charge in [-0.25, -0.2) is 0 Å². The lowest BCUT2D eigenvalue weighted by Gasteiger charge is -2.29. The summed E-state index contributed by atoms with van der Waals surface area (Å²) in [5, 5.41) is 3.50. The van der Waals surface area contributed by atoms with Crippen LogP contribution < -0.4 is 5.32 Å². The summed E-state index contributed by atoms with van der Waals surface area (Å²) in [6.07, 6.45) is 3.62. The Morgan fingerprint density at radius 1 is 1.27 bits per heavy atom. The Bertz CT molecular complexity index is 220. The van der Waals surface area contributed by atoms with Crippen molar-refractivity contribution in [2.24, 2.45) is 5.41 Å². The second-order valence-electron chi connectivity index (χ2n) is 5.41. The maximum atomic E-state index is 4.10. The lowest BCUT2D eigenvalue weighted by atomic mass is 9.91. The molecular weight excluding hydrogens is 182 g/mol. The first-order chi connectivity index (χ1) is 6.79. The molecule has 1 heteroatoms. The topological polar surface area (TPSA) is 12.0 Å². The third-order valence-electron chi connectivity index (χ3n) is 2.70. The number of hydrogen-bond donors (Lipinski definition) is 1. The number of unbranched alkanes of at least 4 members (excludes halogenated alkanes) is 1. The molecule has 0 heterocycles. The van der Waals surface area contributed by atoms with Crippen LogP contribution in [0.15, 0.2) is 24.4 Å². The van der Waals surface area contributed by atoms with Crippen LogP contribution in [0.1, 0.15) is 53.9 Å². The summed E-state index contributed by atoms with van der Waals surface area (Å²) < 4.78 is 0. The average molecular weight is 209 g/mol. The minimum atomic E-state index is 0.125. The summed E-state index contributed by atoms with van der Waals surface area (Å²) in [5.74, 6) is 0. The molecule has 15 heavy (non-hydrogen) atoms. The predicted molar refractivity (Wildman–Crippen MR) is 69.9 cm³/mol. The first kappa shape index (κ1) is 14.3. The zero-order valence-corrected chi connectivity index (χ0v) is 11.1. The Hall–Kier alpha value is -0.720. The lowest BCUT2D eigenvalue weighted by Crippen LogP contribution is -2.33. The third-order valence-corrected chi connectivity index (χ3v) is 2.70. The van der Waals surface area contributed by atoms with Crippen molar-refractivity contribution in [1.82, 2.24) is 5.32 Å². The van der Waals surface area contributed by atoms with Crippen LogP contribution in [0, 0.1) is 5.41 Å². The fourth-order valence-electron chi connectivity index (χ4n) is 1.28. The van der Waals surface area contributed by atoms with Crippen molar-refractivity contribution in [2.45, 2.75) is 59.9 Å². The molecule has 0 aliphatic rings. The van der Waals surface area contributed by atoms with E-state index in [9.17, 15) is 0 Å². The van der Waals surface area contributed by atoms with E-state index in [-0.39, 0.29) is 5.41 Å². The van der Waals surface area contributed by atoms with Crippen LogP contribution in [0.5, 0.6) is 0 Å². The van der Waals surface area contributed by atoms with E-state index in [1.54, 1.807) is 0 Å². The van der Waals surface area contributed by atoms with Crippen LogP contribution in [0.25, 0.3) is 0 Å². The van der Waals surface area contributed by atoms with Crippen LogP contribution in [0.2, 0.25) is 0 Å². The van der Waals surface area contributed by atoms with Crippen LogP contribution in [-0.2, 0) is 0 Å². The van der Waals surface area contributed by atoms with E-state index in [0.29, 0.717) is 6.04 Å². The number of hydrogen-bond acceptors (Lipinski definition) is 1. The first-order valence-corrected chi connectivity index (χ1v) is 5.90. The van der Waals surface area contributed by atoms with Gasteiger partial charge in [0.1, 0.15) is 0 Å². The van der Waals surface area contributed by atoms with E-state index in [0.717, 1.165) is 12.1 Å². The van der Waals surface area contributed by atoms with E-state index in [1.165, 1.54) is 18.4 Å². The van der Waals surface area contributed by atoms with Gasteiger partial charge in [0, 0.05) is 17.2 Å². The Kier molecular flexibility index (Phi) is 5.71. The van der Waals surface area contributed by atoms with E-state index in [2.05, 4.69) is 53.1 Å². The highest BCUT2D eigenvalue weighted by atomic mass is 14.9. The molecule has 0 spiro atoms. The average Bonchev–Trinajstić information content (AvgIpc) is 2.09. The second-order valence-corrected chi connectivity index (χ2v) is 5.41. The molecule has 0 radical (unpaired) electrons. The highest BCUT2D eigenvalue weighted by molar-refractivity contribution is 5.11. The van der Waals surface area contributed by atoms with Crippen LogP contribution in [0.3, 0.4) is 0 Å². The highest BCUT2D eigenvalue weighted by Crippen LogP contribution is 2.23. The van der Waals surface area contributed by atoms with Crippen LogP contribution >= 0.6 is 0 Å². The Morgan fingerprint density at radius 2 is 1.80 bits per heavy atom. The van der Waals surface area contributed by atoms with Gasteiger partial charge >= 0.3 is 0 Å². The normalized spacial score (nSPS) is 13.4. The fraction of sp³-hybridized carbons (Fsp3) is 0.714. The van der Waals surface area contributed by atoms with E-state index >= 15 is 0 Å². The zero-order valence-electron chi connectivity index (χ0n) is 11.1. The molecule has 88 valence electrons. The van der Waals surface area contributed by atoms with Gasteiger partial charge in [0.2, 0.25) is 0 Å². The van der Waals surface area contributed by atoms with Crippen molar-refractivity contribution >= 4 is 0 Å². The van der Waals surface area contributed by atoms with Gasteiger partial charge in [0.25, 0.3) is 0 Å². The van der Waals surface area contributed by atoms with Crippen molar-refractivity contribution in [1.29, 1.82) is 0 Å². The van der Waals surface area contributed by atoms with E-state index < -0.39 is 0 Å². The Morgan fingerprint density at radius 3 is 2.13 bits per heavy atom. The molecule has 0 aromatic rings. The standard InChI is InChI=1S/C14H27N/c1-8-9-10-13(11(2)3)15-12(4)14(5,6)7/h13,15H,2,4,8-10H2,1,3,5-7H3. The van der Waals surface area contributed by atoms with Gasteiger partial charge in [0.15, 0.2) is 0 Å². The molecular formula is C14H27N. The summed E-state index contributed by atoms with van der Waals surface area (Å²) in [6, 6.07) is 0.386. The second kappa shape index (κ2) is 5.99. The lowest BCUT2D eigenvalue weighted by molar-refractivity contribution is 0.431. The maximum Gasteiger partial charge on any atom is 0.0465 e. The van der Waals surface area contributed by atoms with Gasteiger partial charge in [-0.2, -0.15) is 0 Å². The molecule has 0 bridgehead atoms. The smallest absolute Gasteiger partial charge is 0.0465 e. The maximum absolute atomic E-state index is 4.10. The van der Waals surface area contributed by atoms with Gasteiger partial charge in [-0.15, -0.1) is 0 Å². The summed E-state index contributed by atoms with van der Waals surface area (Å²) in [6.45, 7) is 19.0. The molecule has 0 aromatic carbocycles. The van der Waals surface area contributed by atoms with E-state index in [1.807, 2.05) is 0 Å². The molecule has 0 saturated carbocycles. The minimum Gasteiger partial charge on any atom is -0.382 e. The van der Waals surface area contributed by atoms with Crippen molar-refractivity contribution in [2.75, 3.05) is 0 Å². The summed E-state index contributed by atoms with van der Waals surface area (Å²) in [7, 11) is 0. The SMILES string of the molecule is C=C(C)C(CCCC)NC(=C)C(C)(C)C. The number of rotatable bonds is 6. The zero-order chi connectivity index (χ0) is 12.1. The van der Waals surface area contributed by atoms with E-state index in [4.69, 9.17) is 0 Å². The summed E-state index contributed by atoms with van der Waals surface area (Å²) in [5.41, 5.74) is 2.43. The predicted octanol–water partition coefficient (Wildman–Crippen LogP) is 4.27. The molecule has 1 N–H and O–H groups in total. The molecule has 0 saturated heterocycles. The molecule has 1 atom stereocenters. The monoisotopic (exact) mass is 209 g/mol. The van der Waals surface area contributed by atoms with Gasteiger partial charge in [-0.3, -0.25) is 0 Å². The Labute approximate surface area is 95.7 Å². The van der Waals surface area contributed by atoms with Crippen LogP contribution in [-0.4, -0.2) is 6.04 Å². The van der Waals surface area contributed by atoms with Gasteiger partial charge in [0.05, 0.1) is 0 Å². The number of nitrogens with one attached hydrogen (secondary N) is 1. The molecule has 1 nitrogen and oxygen atoms in total. The summed E-state index contributed by atoms with van der Waals surface area (Å²) >= 11 is 0. The van der Waals surface area contributed by atoms with Crippen molar-refractivity contribution in [3.8, 4) is 0 Å². The first-order valence-electron chi connectivity index (χ1n) is 5.90. The van der Waals surface area contributed by atoms with Gasteiger partial charge in [-0.05, 0) is 13.3 Å². The molecule has 0 aliphatic heterocycles. The molecule has 0 aromatic heterocycles. The fourth-order valence-corrected chi connectivity index (χ4v) is 1.28. The third kappa shape index (κ3) is 5.66. The highest BCUT2D eigenvalue weighted by Gasteiger charge is 2.18. The molecule has 0 amide bonds. The van der Waals surface area contributed by atoms with Crippen molar-refractivity contribution < 1.29 is 0 Å². The van der Waals surface area contributed by atoms with Crippen molar-refractivity contribution in [3.63, 3.8) is 0 Å². The van der Waals surface area contributed by atoms with Gasteiger partial charge in [-0.1, -0.05) is 59.3 Å². The quantitative estimate of drug-likeness (QED) is 0.644. The Balaban J connectivity index is 4.29. The molecule has 1 unspecified atom stereocenters. The molecule has 0 rings (SSSR count).